The van der Waals surface area contributed by atoms with Gasteiger partial charge in [0.25, 0.3) is 0 Å². The number of aliphatic hydroxyl groups is 2. The van der Waals surface area contributed by atoms with E-state index in [2.05, 4.69) is 4.98 Å². The van der Waals surface area contributed by atoms with E-state index >= 15 is 0 Å². The largest absolute Gasteiger partial charge is 0.462 e. The third-order valence-electron chi connectivity index (χ3n) is 3.67. The molecule has 13 nitrogen and oxygen atoms in total. The minimum absolute atomic E-state index is 0.117. The van der Waals surface area contributed by atoms with Gasteiger partial charge in [0, 0.05) is 6.20 Å². The third kappa shape index (κ3) is 4.33. The standard InChI is InChI=1S/C13H19N5O8/c14-5(3-7(15)19)12(22)25-4-6-9(20)10(21)11(26-6)18-2-1-8(17-24)16-13(18)23/h1-2,5-6,9-11,20-21,24H,3-4,14H2,(H2,15,19)(H,16,17,23)/t5?,6-,9-,10-,11-/m1/s1. The molecule has 1 aliphatic rings. The Hall–Kier alpha value is -2.58. The fourth-order valence-electron chi connectivity index (χ4n) is 2.34. The number of nitrogens with one attached hydrogen (secondary N) is 1. The Morgan fingerprint density at radius 2 is 2.12 bits per heavy atom. The molecule has 0 spiro atoms. The van der Waals surface area contributed by atoms with Crippen molar-refractivity contribution in [3.63, 3.8) is 0 Å². The minimum atomic E-state index is -1.51. The lowest BCUT2D eigenvalue weighted by atomic mass is 10.1. The highest BCUT2D eigenvalue weighted by molar-refractivity contribution is 5.84. The Labute approximate surface area is 146 Å². The molecule has 2 rings (SSSR count). The number of hydrogen-bond acceptors (Lipinski definition) is 11. The van der Waals surface area contributed by atoms with Crippen LogP contribution in [0.3, 0.4) is 0 Å². The van der Waals surface area contributed by atoms with Gasteiger partial charge in [-0.3, -0.25) is 24.8 Å². The van der Waals surface area contributed by atoms with Gasteiger partial charge in [-0.25, -0.2) is 4.79 Å². The highest BCUT2D eigenvalue weighted by atomic mass is 16.6. The van der Waals surface area contributed by atoms with E-state index in [4.69, 9.17) is 26.1 Å². The summed E-state index contributed by atoms with van der Waals surface area (Å²) in [5, 5.41) is 28.8. The second kappa shape index (κ2) is 8.20. The topological polar surface area (TPSA) is 212 Å². The molecule has 1 unspecified atom stereocenters. The number of hydrogen-bond donors (Lipinski definition) is 6. The van der Waals surface area contributed by atoms with Crippen LogP contribution in [0.25, 0.3) is 0 Å². The number of carbonyl (C=O) groups is 2. The summed E-state index contributed by atoms with van der Waals surface area (Å²) in [5.41, 5.74) is 11.2. The summed E-state index contributed by atoms with van der Waals surface area (Å²) < 4.78 is 11.1. The van der Waals surface area contributed by atoms with E-state index in [-0.39, 0.29) is 5.82 Å². The fraction of sp³-hybridized carbons (Fsp3) is 0.538. The van der Waals surface area contributed by atoms with Crippen molar-refractivity contribution in [2.24, 2.45) is 11.5 Å². The Kier molecular flexibility index (Phi) is 6.23. The number of primary amides is 1. The van der Waals surface area contributed by atoms with E-state index in [1.165, 1.54) is 12.3 Å². The zero-order valence-corrected chi connectivity index (χ0v) is 13.4. The predicted octanol–water partition coefficient (Wildman–Crippen LogP) is -3.59. The SMILES string of the molecule is NC(=O)CC(N)C(=O)OC[C@H]1O[C@@H](n2ccc(NO)nc2=O)[C@H](O)[C@@H]1O. The summed E-state index contributed by atoms with van der Waals surface area (Å²) in [5.74, 6) is -1.84. The van der Waals surface area contributed by atoms with Gasteiger partial charge in [0.1, 0.15) is 31.0 Å². The van der Waals surface area contributed by atoms with E-state index in [1.807, 2.05) is 0 Å². The van der Waals surface area contributed by atoms with E-state index in [0.29, 0.717) is 0 Å². The summed E-state index contributed by atoms with van der Waals surface area (Å²) in [6.07, 6.45) is -4.65. The molecule has 5 atom stereocenters. The maximum Gasteiger partial charge on any atom is 0.351 e. The maximum absolute atomic E-state index is 11.9. The number of rotatable bonds is 7. The quantitative estimate of drug-likeness (QED) is 0.203. The first-order valence-corrected chi connectivity index (χ1v) is 7.46. The zero-order chi connectivity index (χ0) is 19.4. The van der Waals surface area contributed by atoms with Crippen LogP contribution in [0.1, 0.15) is 12.6 Å². The second-order valence-electron chi connectivity index (χ2n) is 5.57. The molecule has 144 valence electrons. The maximum atomic E-state index is 11.9. The molecular weight excluding hydrogens is 354 g/mol. The zero-order valence-electron chi connectivity index (χ0n) is 13.4. The molecule has 2 heterocycles. The molecule has 0 radical (unpaired) electrons. The average molecular weight is 373 g/mol. The molecule has 0 aromatic carbocycles. The van der Waals surface area contributed by atoms with Gasteiger partial charge in [0.05, 0.1) is 6.42 Å². The number of aromatic nitrogens is 2. The highest BCUT2D eigenvalue weighted by Gasteiger charge is 2.44. The number of amides is 1. The van der Waals surface area contributed by atoms with Gasteiger partial charge in [-0.05, 0) is 6.07 Å². The Morgan fingerprint density at radius 3 is 2.69 bits per heavy atom. The lowest BCUT2D eigenvalue weighted by Crippen LogP contribution is -2.39. The van der Waals surface area contributed by atoms with Crippen molar-refractivity contribution in [2.75, 3.05) is 12.1 Å². The van der Waals surface area contributed by atoms with Crippen molar-refractivity contribution in [2.45, 2.75) is 37.0 Å². The Bertz CT molecular complexity index is 725. The first-order chi connectivity index (χ1) is 12.2. The van der Waals surface area contributed by atoms with Crippen LogP contribution >= 0.6 is 0 Å². The number of ether oxygens (including phenoxy) is 2. The summed E-state index contributed by atoms with van der Waals surface area (Å²) in [4.78, 5) is 37.7. The van der Waals surface area contributed by atoms with Crippen molar-refractivity contribution in [1.29, 1.82) is 0 Å². The first kappa shape index (κ1) is 19.7. The lowest BCUT2D eigenvalue weighted by Gasteiger charge is -2.17. The van der Waals surface area contributed by atoms with E-state index in [0.717, 1.165) is 4.57 Å². The van der Waals surface area contributed by atoms with Crippen molar-refractivity contribution in [1.82, 2.24) is 9.55 Å². The van der Waals surface area contributed by atoms with Crippen LogP contribution in [0.2, 0.25) is 0 Å². The average Bonchev–Trinajstić information content (AvgIpc) is 2.87. The molecule has 1 aromatic rings. The number of aliphatic hydroxyl groups excluding tert-OH is 2. The molecule has 1 aliphatic heterocycles. The highest BCUT2D eigenvalue weighted by Crippen LogP contribution is 2.28. The first-order valence-electron chi connectivity index (χ1n) is 7.46. The van der Waals surface area contributed by atoms with Crippen LogP contribution in [-0.2, 0) is 19.1 Å². The fourth-order valence-corrected chi connectivity index (χ4v) is 2.34. The van der Waals surface area contributed by atoms with Crippen LogP contribution in [0, 0.1) is 0 Å². The summed E-state index contributed by atoms with van der Waals surface area (Å²) in [7, 11) is 0. The predicted molar refractivity (Wildman–Crippen MR) is 82.6 cm³/mol. The number of anilines is 1. The molecule has 8 N–H and O–H groups in total. The van der Waals surface area contributed by atoms with Gasteiger partial charge in [-0.2, -0.15) is 4.98 Å². The molecule has 0 aliphatic carbocycles. The van der Waals surface area contributed by atoms with E-state index in [9.17, 15) is 24.6 Å². The number of nitrogens with two attached hydrogens (primary N) is 2. The molecule has 1 fully saturated rings. The summed E-state index contributed by atoms with van der Waals surface area (Å²) >= 11 is 0. The molecule has 1 amide bonds. The van der Waals surface area contributed by atoms with Crippen molar-refractivity contribution in [3.05, 3.63) is 22.7 Å². The van der Waals surface area contributed by atoms with Crippen LogP contribution in [0.4, 0.5) is 5.82 Å². The Morgan fingerprint density at radius 1 is 1.42 bits per heavy atom. The number of esters is 1. The van der Waals surface area contributed by atoms with Crippen LogP contribution < -0.4 is 22.6 Å². The van der Waals surface area contributed by atoms with Gasteiger partial charge in [0.2, 0.25) is 5.91 Å². The van der Waals surface area contributed by atoms with E-state index < -0.39 is 61.2 Å². The molecule has 1 aromatic heterocycles. The van der Waals surface area contributed by atoms with Gasteiger partial charge < -0.3 is 31.2 Å². The van der Waals surface area contributed by atoms with Crippen molar-refractivity contribution in [3.8, 4) is 0 Å². The monoisotopic (exact) mass is 373 g/mol. The van der Waals surface area contributed by atoms with Crippen molar-refractivity contribution < 1.29 is 34.5 Å². The smallest absolute Gasteiger partial charge is 0.351 e. The number of nitrogens with zero attached hydrogens (tertiary/aromatic N) is 2. The summed E-state index contributed by atoms with van der Waals surface area (Å²) in [6, 6.07) is -0.0304. The van der Waals surface area contributed by atoms with Crippen LogP contribution in [-0.4, -0.2) is 67.8 Å². The lowest BCUT2D eigenvalue weighted by molar-refractivity contribution is -0.152. The van der Waals surface area contributed by atoms with Gasteiger partial charge in [0.15, 0.2) is 12.0 Å². The second-order valence-corrected chi connectivity index (χ2v) is 5.57. The van der Waals surface area contributed by atoms with Crippen LogP contribution in [0.5, 0.6) is 0 Å². The molecule has 26 heavy (non-hydrogen) atoms. The molecule has 0 saturated carbocycles. The van der Waals surface area contributed by atoms with Crippen molar-refractivity contribution >= 4 is 17.7 Å². The van der Waals surface area contributed by atoms with Gasteiger partial charge in [-0.1, -0.05) is 0 Å². The number of carbonyl (C=O) groups excluding carboxylic acids is 2. The molecule has 13 heteroatoms. The van der Waals surface area contributed by atoms with Gasteiger partial charge in [-0.15, -0.1) is 0 Å². The third-order valence-corrected chi connectivity index (χ3v) is 3.67. The molecule has 1 saturated heterocycles. The van der Waals surface area contributed by atoms with E-state index in [1.54, 1.807) is 5.48 Å². The Balaban J connectivity index is 2.02. The normalized spacial score (nSPS) is 26.3. The molecular formula is C13H19N5O8. The van der Waals surface area contributed by atoms with Gasteiger partial charge >= 0.3 is 11.7 Å². The molecule has 0 bridgehead atoms. The summed E-state index contributed by atoms with van der Waals surface area (Å²) in [6.45, 7) is -0.474. The van der Waals surface area contributed by atoms with Crippen LogP contribution in [0.15, 0.2) is 17.1 Å². The minimum Gasteiger partial charge on any atom is -0.462 e.